The molecule has 0 saturated heterocycles. The van der Waals surface area contributed by atoms with Crippen LogP contribution in [0.5, 0.6) is 0 Å². The zero-order valence-electron chi connectivity index (χ0n) is 8.07. The number of carbonyl (C=O) groups is 1. The molecule has 0 saturated carbocycles. The van der Waals surface area contributed by atoms with Crippen LogP contribution in [0, 0.1) is 10.1 Å². The lowest BCUT2D eigenvalue weighted by Gasteiger charge is -2.26. The molecule has 0 spiro atoms. The SMILES string of the molecule is CCC1([N+](=O)[O-])CC(C(=O)O)=CC=C1Br. The molecule has 1 N–H and O–H groups in total. The number of carboxylic acids is 1. The van der Waals surface area contributed by atoms with Crippen LogP contribution in [0.25, 0.3) is 0 Å². The maximum Gasteiger partial charge on any atom is 0.331 e. The van der Waals surface area contributed by atoms with E-state index in [0.717, 1.165) is 0 Å². The zero-order chi connectivity index (χ0) is 11.6. The van der Waals surface area contributed by atoms with E-state index in [4.69, 9.17) is 5.11 Å². The number of aliphatic carboxylic acids is 1. The van der Waals surface area contributed by atoms with E-state index in [1.165, 1.54) is 12.2 Å². The highest BCUT2D eigenvalue weighted by atomic mass is 79.9. The number of rotatable bonds is 3. The monoisotopic (exact) mass is 275 g/mol. The second-order valence-corrected chi connectivity index (χ2v) is 4.19. The molecule has 15 heavy (non-hydrogen) atoms. The summed E-state index contributed by atoms with van der Waals surface area (Å²) < 4.78 is 0.424. The van der Waals surface area contributed by atoms with Crippen LogP contribution < -0.4 is 0 Å². The van der Waals surface area contributed by atoms with Crippen molar-refractivity contribution >= 4 is 21.9 Å². The van der Waals surface area contributed by atoms with Crippen molar-refractivity contribution < 1.29 is 14.8 Å². The quantitative estimate of drug-likeness (QED) is 0.632. The van der Waals surface area contributed by atoms with Crippen molar-refractivity contribution in [2.24, 2.45) is 0 Å². The molecule has 1 aliphatic carbocycles. The van der Waals surface area contributed by atoms with Crippen LogP contribution in [0.1, 0.15) is 19.8 Å². The van der Waals surface area contributed by atoms with Crippen molar-refractivity contribution in [3.63, 3.8) is 0 Å². The summed E-state index contributed by atoms with van der Waals surface area (Å²) in [7, 11) is 0. The minimum atomic E-state index is -1.32. The van der Waals surface area contributed by atoms with Crippen molar-refractivity contribution in [1.82, 2.24) is 0 Å². The molecule has 0 heterocycles. The van der Waals surface area contributed by atoms with Gasteiger partial charge in [0.05, 0.1) is 10.9 Å². The summed E-state index contributed by atoms with van der Waals surface area (Å²) in [5, 5.41) is 19.8. The Bertz CT molecular complexity index is 374. The fourth-order valence-corrected chi connectivity index (χ4v) is 2.21. The lowest BCUT2D eigenvalue weighted by atomic mass is 9.85. The third-order valence-corrected chi connectivity index (χ3v) is 3.57. The van der Waals surface area contributed by atoms with E-state index in [-0.39, 0.29) is 18.4 Å². The maximum atomic E-state index is 11.0. The van der Waals surface area contributed by atoms with Crippen molar-refractivity contribution in [3.05, 3.63) is 32.3 Å². The van der Waals surface area contributed by atoms with Crippen LogP contribution >= 0.6 is 15.9 Å². The smallest absolute Gasteiger partial charge is 0.331 e. The van der Waals surface area contributed by atoms with E-state index in [9.17, 15) is 14.9 Å². The Hall–Kier alpha value is -1.17. The molecule has 0 aromatic heterocycles. The van der Waals surface area contributed by atoms with Crippen molar-refractivity contribution in [2.75, 3.05) is 0 Å². The standard InChI is InChI=1S/C9H10BrNO4/c1-2-9(11(14)15)5-6(8(12)13)3-4-7(9)10/h3-4H,2,5H2,1H3,(H,12,13). The van der Waals surface area contributed by atoms with Gasteiger partial charge in [-0.25, -0.2) is 4.79 Å². The van der Waals surface area contributed by atoms with Gasteiger partial charge in [-0.05, 0) is 22.0 Å². The Morgan fingerprint density at radius 2 is 2.33 bits per heavy atom. The number of allylic oxidation sites excluding steroid dienone is 2. The minimum Gasteiger partial charge on any atom is -0.478 e. The number of carboxylic acid groups (broad SMARTS) is 1. The van der Waals surface area contributed by atoms with Gasteiger partial charge in [0, 0.05) is 16.9 Å². The number of nitro groups is 1. The molecule has 82 valence electrons. The van der Waals surface area contributed by atoms with Gasteiger partial charge in [0.15, 0.2) is 0 Å². The highest BCUT2D eigenvalue weighted by molar-refractivity contribution is 9.11. The predicted octanol–water partition coefficient (Wildman–Crippen LogP) is 2.11. The Kier molecular flexibility index (Phi) is 3.28. The summed E-state index contributed by atoms with van der Waals surface area (Å²) in [6, 6.07) is 0. The van der Waals surface area contributed by atoms with Gasteiger partial charge in [-0.3, -0.25) is 10.1 Å². The molecule has 0 radical (unpaired) electrons. The molecule has 1 aliphatic rings. The molecule has 1 atom stereocenters. The topological polar surface area (TPSA) is 80.4 Å². The van der Waals surface area contributed by atoms with Crippen LogP contribution in [0.3, 0.4) is 0 Å². The zero-order valence-corrected chi connectivity index (χ0v) is 9.65. The first-order valence-electron chi connectivity index (χ1n) is 4.38. The summed E-state index contributed by atoms with van der Waals surface area (Å²) in [6.45, 7) is 1.67. The molecular weight excluding hydrogens is 266 g/mol. The van der Waals surface area contributed by atoms with Gasteiger partial charge in [-0.1, -0.05) is 13.0 Å². The number of hydrogen-bond donors (Lipinski definition) is 1. The molecule has 6 heteroatoms. The molecule has 1 unspecified atom stereocenters. The first-order chi connectivity index (χ1) is 6.94. The number of nitrogens with zero attached hydrogens (tertiary/aromatic N) is 1. The number of halogens is 1. The van der Waals surface area contributed by atoms with E-state index < -0.39 is 16.4 Å². The Balaban J connectivity index is 3.15. The normalized spacial score (nSPS) is 25.5. The average Bonchev–Trinajstić information content (AvgIpc) is 2.18. The average molecular weight is 276 g/mol. The van der Waals surface area contributed by atoms with Crippen LogP contribution in [-0.4, -0.2) is 21.5 Å². The predicted molar refractivity (Wildman–Crippen MR) is 57.4 cm³/mol. The number of hydrogen-bond acceptors (Lipinski definition) is 3. The minimum absolute atomic E-state index is 0.0664. The summed E-state index contributed by atoms with van der Waals surface area (Å²) in [5.41, 5.74) is -1.25. The summed E-state index contributed by atoms with van der Waals surface area (Å²) in [6.07, 6.45) is 3.01. The second-order valence-electron chi connectivity index (χ2n) is 3.33. The van der Waals surface area contributed by atoms with E-state index in [0.29, 0.717) is 4.48 Å². The first kappa shape index (κ1) is 11.9. The second kappa shape index (κ2) is 4.14. The van der Waals surface area contributed by atoms with Crippen molar-refractivity contribution in [2.45, 2.75) is 25.3 Å². The van der Waals surface area contributed by atoms with Crippen LogP contribution in [-0.2, 0) is 4.79 Å². The van der Waals surface area contributed by atoms with Gasteiger partial charge < -0.3 is 5.11 Å². The third kappa shape index (κ3) is 1.94. The molecule has 1 rings (SSSR count). The molecule has 0 aliphatic heterocycles. The highest BCUT2D eigenvalue weighted by Crippen LogP contribution is 2.38. The van der Waals surface area contributed by atoms with Gasteiger partial charge in [-0.2, -0.15) is 0 Å². The van der Waals surface area contributed by atoms with Crippen molar-refractivity contribution in [3.8, 4) is 0 Å². The third-order valence-electron chi connectivity index (χ3n) is 2.57. The van der Waals surface area contributed by atoms with Crippen LogP contribution in [0.15, 0.2) is 22.2 Å². The van der Waals surface area contributed by atoms with Crippen LogP contribution in [0.4, 0.5) is 0 Å². The largest absolute Gasteiger partial charge is 0.478 e. The maximum absolute atomic E-state index is 11.0. The Labute approximate surface area is 94.8 Å². The van der Waals surface area contributed by atoms with E-state index in [1.807, 2.05) is 0 Å². The first-order valence-corrected chi connectivity index (χ1v) is 5.18. The van der Waals surface area contributed by atoms with Gasteiger partial charge in [0.25, 0.3) is 5.54 Å². The molecule has 0 amide bonds. The molecule has 0 bridgehead atoms. The van der Waals surface area contributed by atoms with Gasteiger partial charge in [0.1, 0.15) is 0 Å². The fraction of sp³-hybridized carbons (Fsp3) is 0.444. The molecule has 0 aromatic rings. The van der Waals surface area contributed by atoms with Gasteiger partial charge in [-0.15, -0.1) is 0 Å². The van der Waals surface area contributed by atoms with E-state index >= 15 is 0 Å². The van der Waals surface area contributed by atoms with Gasteiger partial charge >= 0.3 is 5.97 Å². The summed E-state index contributed by atoms with van der Waals surface area (Å²) >= 11 is 3.13. The Morgan fingerprint density at radius 1 is 1.73 bits per heavy atom. The molecular formula is C9H10BrNO4. The summed E-state index contributed by atoms with van der Waals surface area (Å²) in [4.78, 5) is 21.3. The lowest BCUT2D eigenvalue weighted by molar-refractivity contribution is -0.556. The lowest BCUT2D eigenvalue weighted by Crippen LogP contribution is -2.40. The molecule has 0 fully saturated rings. The molecule has 0 aromatic carbocycles. The Morgan fingerprint density at radius 3 is 2.73 bits per heavy atom. The molecule has 5 nitrogen and oxygen atoms in total. The fourth-order valence-electron chi connectivity index (χ4n) is 1.51. The van der Waals surface area contributed by atoms with E-state index in [1.54, 1.807) is 6.92 Å². The van der Waals surface area contributed by atoms with Gasteiger partial charge in [0.2, 0.25) is 0 Å². The van der Waals surface area contributed by atoms with E-state index in [2.05, 4.69) is 15.9 Å². The summed E-state index contributed by atoms with van der Waals surface area (Å²) in [5.74, 6) is -1.11. The van der Waals surface area contributed by atoms with Crippen LogP contribution in [0.2, 0.25) is 0 Å². The highest BCUT2D eigenvalue weighted by Gasteiger charge is 2.47. The van der Waals surface area contributed by atoms with Crippen molar-refractivity contribution in [1.29, 1.82) is 0 Å².